The molecule has 22 heavy (non-hydrogen) atoms. The summed E-state index contributed by atoms with van der Waals surface area (Å²) in [4.78, 5) is 24.6. The number of halogens is 1. The molecule has 1 rings (SSSR count). The molecule has 0 atom stereocenters. The van der Waals surface area contributed by atoms with Crippen molar-refractivity contribution in [1.29, 1.82) is 10.5 Å². The minimum atomic E-state index is -0.559. The predicted molar refractivity (Wildman–Crippen MR) is 79.4 cm³/mol. The molecule has 0 aliphatic carbocycles. The second kappa shape index (κ2) is 7.87. The molecule has 0 fully saturated rings. The summed E-state index contributed by atoms with van der Waals surface area (Å²) < 4.78 is 5.13. The number of hydrogen-bond donors (Lipinski definition) is 1. The number of hydrogen-bond acceptors (Lipinski definition) is 5. The molecular weight excluding hydrogens is 308 g/mol. The molecule has 0 heterocycles. The lowest BCUT2D eigenvalue weighted by Gasteiger charge is -2.18. The second-order valence-electron chi connectivity index (χ2n) is 4.19. The van der Waals surface area contributed by atoms with E-state index in [1.165, 1.54) is 26.2 Å². The minimum Gasteiger partial charge on any atom is -0.496 e. The summed E-state index contributed by atoms with van der Waals surface area (Å²) in [5, 5.41) is 20.1. The Kier molecular flexibility index (Phi) is 6.18. The average Bonchev–Trinajstić information content (AvgIpc) is 2.47. The van der Waals surface area contributed by atoms with Gasteiger partial charge in [-0.15, -0.1) is 0 Å². The fraction of sp³-hybridized carbons (Fsp3) is 0.286. The van der Waals surface area contributed by atoms with E-state index in [9.17, 15) is 9.59 Å². The fourth-order valence-electron chi connectivity index (χ4n) is 1.72. The maximum absolute atomic E-state index is 12.4. The summed E-state index contributed by atoms with van der Waals surface area (Å²) in [5.74, 6) is -0.700. The molecule has 0 bridgehead atoms. The van der Waals surface area contributed by atoms with E-state index in [1.807, 2.05) is 12.1 Å². The van der Waals surface area contributed by atoms with Crippen LogP contribution in [-0.4, -0.2) is 36.9 Å². The quantitative estimate of drug-likeness (QED) is 0.832. The third kappa shape index (κ3) is 4.11. The van der Waals surface area contributed by atoms with Crippen molar-refractivity contribution in [2.24, 2.45) is 0 Å². The number of methoxy groups -OCH3 is 1. The molecule has 0 spiro atoms. The molecule has 2 amide bonds. The summed E-state index contributed by atoms with van der Waals surface area (Å²) in [6.45, 7) is 0.852. The molecule has 0 aliphatic rings. The SMILES string of the molecule is COc1cc(NC(C)=O)c(Cl)cc1C(=O)N(CC#N)CC#N. The van der Waals surface area contributed by atoms with Gasteiger partial charge in [-0.1, -0.05) is 11.6 Å². The topological polar surface area (TPSA) is 106 Å². The lowest BCUT2D eigenvalue weighted by Crippen LogP contribution is -2.32. The maximum atomic E-state index is 12.4. The van der Waals surface area contributed by atoms with Gasteiger partial charge in [0.2, 0.25) is 5.91 Å². The standard InChI is InChI=1S/C14H13ClN4O3/c1-9(20)18-12-8-13(22-2)10(7-11(12)15)14(21)19(5-3-16)6-4-17/h7-8H,5-6H2,1-2H3,(H,18,20). The third-order valence-electron chi connectivity index (χ3n) is 2.64. The number of benzene rings is 1. The monoisotopic (exact) mass is 320 g/mol. The van der Waals surface area contributed by atoms with Crippen molar-refractivity contribution < 1.29 is 14.3 Å². The number of nitrogens with zero attached hydrogens (tertiary/aromatic N) is 3. The first-order valence-corrected chi connectivity index (χ1v) is 6.50. The van der Waals surface area contributed by atoms with E-state index in [-0.39, 0.29) is 35.3 Å². The van der Waals surface area contributed by atoms with Crippen LogP contribution in [-0.2, 0) is 4.79 Å². The molecule has 0 radical (unpaired) electrons. The van der Waals surface area contributed by atoms with Crippen LogP contribution in [0.25, 0.3) is 0 Å². The van der Waals surface area contributed by atoms with Gasteiger partial charge in [0.1, 0.15) is 18.8 Å². The molecule has 0 unspecified atom stereocenters. The van der Waals surface area contributed by atoms with Gasteiger partial charge in [-0.2, -0.15) is 10.5 Å². The molecule has 0 saturated heterocycles. The van der Waals surface area contributed by atoms with Crippen LogP contribution in [0, 0.1) is 22.7 Å². The highest BCUT2D eigenvalue weighted by Gasteiger charge is 2.21. The minimum absolute atomic E-state index is 0.104. The first-order valence-electron chi connectivity index (χ1n) is 6.12. The highest BCUT2D eigenvalue weighted by Crippen LogP contribution is 2.31. The zero-order valence-corrected chi connectivity index (χ0v) is 12.8. The summed E-state index contributed by atoms with van der Waals surface area (Å²) in [6.07, 6.45) is 0. The zero-order chi connectivity index (χ0) is 16.7. The van der Waals surface area contributed by atoms with Crippen LogP contribution in [0.1, 0.15) is 17.3 Å². The molecule has 1 aromatic rings. The van der Waals surface area contributed by atoms with Crippen molar-refractivity contribution in [3.8, 4) is 17.9 Å². The van der Waals surface area contributed by atoms with Gasteiger partial charge in [0, 0.05) is 13.0 Å². The summed E-state index contributed by atoms with van der Waals surface area (Å²) in [6, 6.07) is 6.37. The molecule has 0 aromatic heterocycles. The molecule has 1 N–H and O–H groups in total. The molecule has 114 valence electrons. The van der Waals surface area contributed by atoms with Crippen molar-refractivity contribution in [2.75, 3.05) is 25.5 Å². The highest BCUT2D eigenvalue weighted by molar-refractivity contribution is 6.34. The maximum Gasteiger partial charge on any atom is 0.259 e. The van der Waals surface area contributed by atoms with Crippen molar-refractivity contribution in [1.82, 2.24) is 4.90 Å². The molecule has 8 heteroatoms. The Labute approximate surface area is 132 Å². The number of ether oxygens (including phenoxy) is 1. The van der Waals surface area contributed by atoms with Gasteiger partial charge in [0.15, 0.2) is 0 Å². The first kappa shape index (κ1) is 17.3. The predicted octanol–water partition coefficient (Wildman–Crippen LogP) is 1.80. The summed E-state index contributed by atoms with van der Waals surface area (Å²) in [7, 11) is 1.36. The Balaban J connectivity index is 3.26. The smallest absolute Gasteiger partial charge is 0.259 e. The van der Waals surface area contributed by atoms with E-state index in [0.29, 0.717) is 5.69 Å². The second-order valence-corrected chi connectivity index (χ2v) is 4.60. The van der Waals surface area contributed by atoms with Gasteiger partial charge >= 0.3 is 0 Å². The Morgan fingerprint density at radius 2 is 1.91 bits per heavy atom. The van der Waals surface area contributed by atoms with Gasteiger partial charge in [0.25, 0.3) is 5.91 Å². The lowest BCUT2D eigenvalue weighted by molar-refractivity contribution is -0.114. The van der Waals surface area contributed by atoms with Gasteiger partial charge in [-0.3, -0.25) is 9.59 Å². The zero-order valence-electron chi connectivity index (χ0n) is 12.0. The van der Waals surface area contributed by atoms with Crippen molar-refractivity contribution >= 4 is 29.1 Å². The van der Waals surface area contributed by atoms with Crippen LogP contribution >= 0.6 is 11.6 Å². The molecule has 0 saturated carbocycles. The summed E-state index contributed by atoms with van der Waals surface area (Å²) in [5.41, 5.74) is 0.404. The normalized spacial score (nSPS) is 9.32. The van der Waals surface area contributed by atoms with Gasteiger partial charge in [-0.25, -0.2) is 0 Å². The van der Waals surface area contributed by atoms with Crippen LogP contribution in [0.2, 0.25) is 5.02 Å². The van der Waals surface area contributed by atoms with Crippen LogP contribution in [0.3, 0.4) is 0 Å². The largest absolute Gasteiger partial charge is 0.496 e. The van der Waals surface area contributed by atoms with E-state index < -0.39 is 5.91 Å². The fourth-order valence-corrected chi connectivity index (χ4v) is 1.93. The van der Waals surface area contributed by atoms with Crippen molar-refractivity contribution in [3.05, 3.63) is 22.7 Å². The highest BCUT2D eigenvalue weighted by atomic mass is 35.5. The Bertz CT molecular complexity index is 660. The Morgan fingerprint density at radius 1 is 1.32 bits per heavy atom. The number of rotatable bonds is 5. The van der Waals surface area contributed by atoms with E-state index in [2.05, 4.69) is 5.32 Å². The van der Waals surface area contributed by atoms with E-state index in [1.54, 1.807) is 0 Å². The average molecular weight is 321 g/mol. The van der Waals surface area contributed by atoms with Crippen LogP contribution in [0.15, 0.2) is 12.1 Å². The van der Waals surface area contributed by atoms with Gasteiger partial charge in [0.05, 0.1) is 35.5 Å². The van der Waals surface area contributed by atoms with Crippen LogP contribution in [0.5, 0.6) is 5.75 Å². The Morgan fingerprint density at radius 3 is 2.36 bits per heavy atom. The number of amides is 2. The summed E-state index contributed by atoms with van der Waals surface area (Å²) >= 11 is 6.03. The number of nitriles is 2. The lowest BCUT2D eigenvalue weighted by atomic mass is 10.1. The molecule has 1 aromatic carbocycles. The molecule has 0 aliphatic heterocycles. The first-order chi connectivity index (χ1) is 10.4. The third-order valence-corrected chi connectivity index (χ3v) is 2.95. The van der Waals surface area contributed by atoms with E-state index in [0.717, 1.165) is 4.90 Å². The molecule has 7 nitrogen and oxygen atoms in total. The van der Waals surface area contributed by atoms with Crippen molar-refractivity contribution in [3.63, 3.8) is 0 Å². The van der Waals surface area contributed by atoms with E-state index >= 15 is 0 Å². The molecular formula is C14H13ClN4O3. The number of carbonyl (C=O) groups is 2. The van der Waals surface area contributed by atoms with Gasteiger partial charge < -0.3 is 15.0 Å². The van der Waals surface area contributed by atoms with Crippen molar-refractivity contribution in [2.45, 2.75) is 6.92 Å². The number of carbonyl (C=O) groups excluding carboxylic acids is 2. The number of anilines is 1. The van der Waals surface area contributed by atoms with E-state index in [4.69, 9.17) is 26.9 Å². The number of nitrogens with one attached hydrogen (secondary N) is 1. The Hall–Kier alpha value is -2.77. The van der Waals surface area contributed by atoms with Crippen LogP contribution < -0.4 is 10.1 Å². The van der Waals surface area contributed by atoms with Crippen LogP contribution in [0.4, 0.5) is 5.69 Å². The van der Waals surface area contributed by atoms with Gasteiger partial charge in [-0.05, 0) is 6.07 Å².